The van der Waals surface area contributed by atoms with Gasteiger partial charge in [0.05, 0.1) is 16.5 Å². The summed E-state index contributed by atoms with van der Waals surface area (Å²) in [5.74, 6) is -1.10. The van der Waals surface area contributed by atoms with E-state index in [1.165, 1.54) is 18.7 Å². The third kappa shape index (κ3) is 8.83. The second kappa shape index (κ2) is 13.1. The summed E-state index contributed by atoms with van der Waals surface area (Å²) in [6, 6.07) is 13.9. The number of alkyl halides is 1. The first kappa shape index (κ1) is 23.9. The van der Waals surface area contributed by atoms with E-state index in [9.17, 15) is 9.59 Å². The largest absolute Gasteiger partial charge is 0.478 e. The Kier molecular flexibility index (Phi) is 12.1. The molecule has 0 radical (unpaired) electrons. The van der Waals surface area contributed by atoms with Crippen LogP contribution in [0.3, 0.4) is 0 Å². The maximum Gasteiger partial charge on any atom is 0.335 e. The van der Waals surface area contributed by atoms with Crippen LogP contribution in [0.1, 0.15) is 47.1 Å². The molecule has 2 aromatic rings. The molecule has 6 heteroatoms. The summed E-state index contributed by atoms with van der Waals surface area (Å²) in [5, 5.41) is 16.2. The lowest BCUT2D eigenvalue weighted by Gasteiger charge is -2.00. The van der Waals surface area contributed by atoms with E-state index in [4.69, 9.17) is 22.1 Å². The molecule has 0 bridgehead atoms. The zero-order valence-corrected chi connectivity index (χ0v) is 16.9. The molecule has 0 aromatic heterocycles. The lowest BCUT2D eigenvalue weighted by molar-refractivity contribution is 0.0696. The first-order chi connectivity index (χ1) is 12.3. The fourth-order valence-electron chi connectivity index (χ4n) is 1.76. The van der Waals surface area contributed by atoms with Gasteiger partial charge in [-0.2, -0.15) is 0 Å². The van der Waals surface area contributed by atoms with Crippen LogP contribution in [0.2, 0.25) is 0 Å². The first-order valence-electron chi connectivity index (χ1n) is 8.03. The molecule has 0 heterocycles. The molecule has 140 valence electrons. The summed E-state index contributed by atoms with van der Waals surface area (Å²) in [7, 11) is 0. The highest BCUT2D eigenvalue weighted by molar-refractivity contribution is 8.00. The van der Waals surface area contributed by atoms with E-state index in [1.54, 1.807) is 30.3 Å². The van der Waals surface area contributed by atoms with Crippen LogP contribution in [-0.4, -0.2) is 27.8 Å². The van der Waals surface area contributed by atoms with Crippen LogP contribution in [-0.2, 0) is 0 Å². The number of carboxylic acid groups (broad SMARTS) is 1. The lowest BCUT2D eigenvalue weighted by atomic mass is 10.1. The molecule has 0 aliphatic carbocycles. The fourth-order valence-corrected chi connectivity index (χ4v) is 2.59. The molecule has 0 unspecified atom stereocenters. The Morgan fingerprint density at radius 1 is 1.08 bits per heavy atom. The van der Waals surface area contributed by atoms with Gasteiger partial charge in [0.15, 0.2) is 0 Å². The van der Waals surface area contributed by atoms with Gasteiger partial charge in [0.2, 0.25) is 5.78 Å². The van der Waals surface area contributed by atoms with Crippen LogP contribution in [0, 0.1) is 12.3 Å². The monoisotopic (exact) mass is 393 g/mol. The number of halogens is 1. The van der Waals surface area contributed by atoms with Crippen molar-refractivity contribution in [2.75, 3.05) is 5.21 Å². The Balaban J connectivity index is 0.000000458. The molecule has 0 amide bonds. The van der Waals surface area contributed by atoms with Crippen molar-refractivity contribution in [3.63, 3.8) is 0 Å². The number of carboxylic acids is 1. The summed E-state index contributed by atoms with van der Waals surface area (Å²) in [6.07, 6.45) is 0. The third-order valence-corrected chi connectivity index (χ3v) is 3.99. The molecule has 2 N–H and O–H groups in total. The van der Waals surface area contributed by atoms with Crippen molar-refractivity contribution in [1.29, 1.82) is 5.41 Å². The van der Waals surface area contributed by atoms with E-state index in [-0.39, 0.29) is 11.5 Å². The summed E-state index contributed by atoms with van der Waals surface area (Å²) >= 11 is 7.06. The highest BCUT2D eigenvalue weighted by Gasteiger charge is 2.07. The van der Waals surface area contributed by atoms with Crippen LogP contribution >= 0.6 is 23.4 Å². The van der Waals surface area contributed by atoms with E-state index in [0.29, 0.717) is 16.3 Å². The van der Waals surface area contributed by atoms with Gasteiger partial charge >= 0.3 is 5.97 Å². The number of nitrogens with one attached hydrogen (secondary N) is 1. The summed E-state index contributed by atoms with van der Waals surface area (Å²) in [5.41, 5.74) is 1.93. The number of hydrogen-bond acceptors (Lipinski definition) is 4. The molecular weight excluding hydrogens is 370 g/mol. The number of aryl methyl sites for hydroxylation is 1. The average molecular weight is 394 g/mol. The van der Waals surface area contributed by atoms with Gasteiger partial charge in [0.1, 0.15) is 0 Å². The number of benzene rings is 2. The number of carbonyl (C=O) groups is 2. The van der Waals surface area contributed by atoms with Crippen molar-refractivity contribution < 1.29 is 14.7 Å². The van der Waals surface area contributed by atoms with Gasteiger partial charge in [-0.25, -0.2) is 4.79 Å². The molecule has 2 aromatic carbocycles. The number of hydrogen-bond donors (Lipinski definition) is 2. The van der Waals surface area contributed by atoms with Crippen LogP contribution < -0.4 is 0 Å². The van der Waals surface area contributed by atoms with E-state index >= 15 is 0 Å². The summed E-state index contributed by atoms with van der Waals surface area (Å²) in [4.78, 5) is 22.7. The van der Waals surface area contributed by atoms with Crippen molar-refractivity contribution in [1.82, 2.24) is 0 Å². The SMILES string of the molecule is CC.CC(=N)C(=O)c1ccc(SCCl)cc1.Cc1cccc(C(=O)O)c1. The number of Topliss-reactive ketones (excluding diaryl/α,β-unsaturated/α-hetero) is 1. The van der Waals surface area contributed by atoms with Crippen LogP contribution in [0.4, 0.5) is 0 Å². The lowest BCUT2D eigenvalue weighted by Crippen LogP contribution is -2.08. The highest BCUT2D eigenvalue weighted by Crippen LogP contribution is 2.19. The van der Waals surface area contributed by atoms with Crippen molar-refractivity contribution in [3.8, 4) is 0 Å². The van der Waals surface area contributed by atoms with Crippen LogP contribution in [0.5, 0.6) is 0 Å². The van der Waals surface area contributed by atoms with E-state index < -0.39 is 5.97 Å². The second-order valence-corrected chi connectivity index (χ2v) is 6.54. The zero-order valence-electron chi connectivity index (χ0n) is 15.4. The summed E-state index contributed by atoms with van der Waals surface area (Å²) < 4.78 is 0. The average Bonchev–Trinajstić information content (AvgIpc) is 2.64. The molecular formula is C20H24ClNO3S. The Morgan fingerprint density at radius 2 is 1.65 bits per heavy atom. The van der Waals surface area contributed by atoms with Crippen molar-refractivity contribution in [2.45, 2.75) is 32.6 Å². The van der Waals surface area contributed by atoms with Gasteiger partial charge in [-0.1, -0.05) is 31.5 Å². The minimum atomic E-state index is -0.872. The minimum absolute atomic E-state index is 0.0581. The molecule has 0 atom stereocenters. The molecule has 0 fully saturated rings. The number of rotatable bonds is 5. The zero-order chi connectivity index (χ0) is 20.1. The Bertz CT molecular complexity index is 730. The van der Waals surface area contributed by atoms with Crippen LogP contribution in [0.25, 0.3) is 0 Å². The van der Waals surface area contributed by atoms with E-state index in [2.05, 4.69) is 0 Å². The minimum Gasteiger partial charge on any atom is -0.478 e. The Hall–Kier alpha value is -2.11. The maximum absolute atomic E-state index is 11.4. The molecule has 4 nitrogen and oxygen atoms in total. The molecule has 0 aliphatic heterocycles. The predicted molar refractivity (Wildman–Crippen MR) is 110 cm³/mol. The number of thioether (sulfide) groups is 1. The Labute approximate surface area is 164 Å². The smallest absolute Gasteiger partial charge is 0.335 e. The second-order valence-electron chi connectivity index (χ2n) is 4.91. The topological polar surface area (TPSA) is 78.2 Å². The normalized spacial score (nSPS) is 9.12. The first-order valence-corrected chi connectivity index (χ1v) is 9.55. The van der Waals surface area contributed by atoms with Gasteiger partial charge in [0, 0.05) is 10.5 Å². The van der Waals surface area contributed by atoms with Gasteiger partial charge in [-0.3, -0.25) is 4.79 Å². The third-order valence-electron chi connectivity index (χ3n) is 2.94. The van der Waals surface area contributed by atoms with Crippen molar-refractivity contribution in [2.24, 2.45) is 0 Å². The van der Waals surface area contributed by atoms with Crippen molar-refractivity contribution in [3.05, 3.63) is 65.2 Å². The molecule has 26 heavy (non-hydrogen) atoms. The van der Waals surface area contributed by atoms with Crippen LogP contribution in [0.15, 0.2) is 53.4 Å². The molecule has 2 rings (SSSR count). The molecule has 0 saturated heterocycles. The van der Waals surface area contributed by atoms with E-state index in [0.717, 1.165) is 10.5 Å². The fraction of sp³-hybridized carbons (Fsp3) is 0.250. The molecule has 0 aliphatic rings. The number of carbonyl (C=O) groups excluding carboxylic acids is 1. The quantitative estimate of drug-likeness (QED) is 0.286. The number of aromatic carboxylic acids is 1. The molecule has 0 spiro atoms. The number of ketones is 1. The van der Waals surface area contributed by atoms with Gasteiger partial charge in [-0.15, -0.1) is 23.4 Å². The van der Waals surface area contributed by atoms with Gasteiger partial charge < -0.3 is 10.5 Å². The highest BCUT2D eigenvalue weighted by atomic mass is 35.5. The van der Waals surface area contributed by atoms with Gasteiger partial charge in [-0.05, 0) is 50.2 Å². The van der Waals surface area contributed by atoms with E-state index in [1.807, 2.05) is 39.0 Å². The van der Waals surface area contributed by atoms with Gasteiger partial charge in [0.25, 0.3) is 0 Å². The Morgan fingerprint density at radius 3 is 2.04 bits per heavy atom. The standard InChI is InChI=1S/C10H10ClNOS.C8H8O2.C2H6/c1-7(12)10(13)8-2-4-9(5-3-8)14-6-11;1-6-3-2-4-7(5-6)8(9)10;1-2/h2-5,12H,6H2,1H3;2-5H,1H3,(H,9,10);1-2H3. The maximum atomic E-state index is 11.4. The summed E-state index contributed by atoms with van der Waals surface area (Å²) in [6.45, 7) is 7.36. The van der Waals surface area contributed by atoms with Crippen molar-refractivity contribution >= 4 is 40.8 Å². The predicted octanol–water partition coefficient (Wildman–Crippen LogP) is 5.92. The molecule has 0 saturated carbocycles.